The Hall–Kier alpha value is -1.55. The van der Waals surface area contributed by atoms with E-state index in [2.05, 4.69) is 19.2 Å². The summed E-state index contributed by atoms with van der Waals surface area (Å²) in [6.07, 6.45) is 0.875. The second kappa shape index (κ2) is 7.90. The number of carbonyl (C=O) groups excluding carboxylic acids is 1. The number of ether oxygens (including phenoxy) is 1. The maximum Gasteiger partial charge on any atom is 0.241 e. The number of benzene rings is 1. The molecule has 0 aliphatic rings. The molecule has 112 valence electrons. The van der Waals surface area contributed by atoms with E-state index in [9.17, 15) is 4.79 Å². The van der Waals surface area contributed by atoms with Crippen molar-refractivity contribution in [3.8, 4) is 5.75 Å². The van der Waals surface area contributed by atoms with Crippen LogP contribution in [0.3, 0.4) is 0 Å². The summed E-state index contributed by atoms with van der Waals surface area (Å²) < 4.78 is 5.71. The zero-order valence-corrected chi connectivity index (χ0v) is 12.8. The van der Waals surface area contributed by atoms with Crippen LogP contribution in [-0.2, 0) is 4.79 Å². The van der Waals surface area contributed by atoms with Crippen LogP contribution in [0.1, 0.15) is 34.1 Å². The summed E-state index contributed by atoms with van der Waals surface area (Å²) in [5, 5.41) is 2.86. The van der Waals surface area contributed by atoms with Crippen molar-refractivity contribution in [2.75, 3.05) is 11.9 Å². The summed E-state index contributed by atoms with van der Waals surface area (Å²) in [5.41, 5.74) is 6.62. The van der Waals surface area contributed by atoms with E-state index in [0.29, 0.717) is 24.0 Å². The number of hydrogen-bond donors (Lipinski definition) is 2. The molecule has 4 nitrogen and oxygen atoms in total. The fraction of sp³-hybridized carbons (Fsp3) is 0.562. The zero-order chi connectivity index (χ0) is 15.1. The van der Waals surface area contributed by atoms with Crippen molar-refractivity contribution in [1.82, 2.24) is 0 Å². The summed E-state index contributed by atoms with van der Waals surface area (Å²) in [6.45, 7) is 8.79. The third-order valence-corrected chi connectivity index (χ3v) is 3.28. The lowest BCUT2D eigenvalue weighted by Crippen LogP contribution is -2.40. The summed E-state index contributed by atoms with van der Waals surface area (Å²) in [4.78, 5) is 12.1. The molecule has 20 heavy (non-hydrogen) atoms. The Labute approximate surface area is 121 Å². The van der Waals surface area contributed by atoms with Gasteiger partial charge < -0.3 is 15.8 Å². The van der Waals surface area contributed by atoms with Crippen LogP contribution in [-0.4, -0.2) is 18.6 Å². The van der Waals surface area contributed by atoms with Crippen LogP contribution in [0, 0.1) is 11.8 Å². The van der Waals surface area contributed by atoms with Crippen molar-refractivity contribution in [2.45, 2.75) is 40.2 Å². The molecule has 2 unspecified atom stereocenters. The smallest absolute Gasteiger partial charge is 0.241 e. The summed E-state index contributed by atoms with van der Waals surface area (Å²) in [6, 6.07) is 6.94. The van der Waals surface area contributed by atoms with E-state index in [1.54, 1.807) is 0 Å². The standard InChI is InChI=1S/C16H26N2O2/c1-5-12(4)15(17)16(19)18-13-8-6-7-9-14(13)20-10-11(2)3/h6-9,11-12,15H,5,10,17H2,1-4H3,(H,18,19). The number of hydrogen-bond acceptors (Lipinski definition) is 3. The van der Waals surface area contributed by atoms with Crippen LogP contribution >= 0.6 is 0 Å². The first kappa shape index (κ1) is 16.5. The second-order valence-electron chi connectivity index (χ2n) is 5.60. The predicted molar refractivity (Wildman–Crippen MR) is 82.8 cm³/mol. The van der Waals surface area contributed by atoms with E-state index in [0.717, 1.165) is 6.42 Å². The summed E-state index contributed by atoms with van der Waals surface area (Å²) >= 11 is 0. The molecule has 3 N–H and O–H groups in total. The first-order valence-electron chi connectivity index (χ1n) is 7.24. The van der Waals surface area contributed by atoms with Crippen LogP contribution in [0.25, 0.3) is 0 Å². The van der Waals surface area contributed by atoms with Gasteiger partial charge in [0.1, 0.15) is 5.75 Å². The van der Waals surface area contributed by atoms with Gasteiger partial charge in [0.15, 0.2) is 0 Å². The van der Waals surface area contributed by atoms with Gasteiger partial charge in [0.25, 0.3) is 0 Å². The summed E-state index contributed by atoms with van der Waals surface area (Å²) in [7, 11) is 0. The Bertz CT molecular complexity index is 432. The van der Waals surface area contributed by atoms with Crippen LogP contribution in [0.2, 0.25) is 0 Å². The molecule has 4 heteroatoms. The number of nitrogens with two attached hydrogens (primary N) is 1. The molecule has 2 atom stereocenters. The molecule has 0 heterocycles. The highest BCUT2D eigenvalue weighted by Crippen LogP contribution is 2.24. The van der Waals surface area contributed by atoms with Crippen molar-refractivity contribution >= 4 is 11.6 Å². The predicted octanol–water partition coefficient (Wildman–Crippen LogP) is 3.03. The Kier molecular flexibility index (Phi) is 6.52. The molecule has 0 aliphatic carbocycles. The maximum atomic E-state index is 12.1. The number of nitrogens with one attached hydrogen (secondary N) is 1. The number of para-hydroxylation sites is 2. The molecule has 1 rings (SSSR count). The normalized spacial score (nSPS) is 13.9. The largest absolute Gasteiger partial charge is 0.491 e. The third-order valence-electron chi connectivity index (χ3n) is 3.28. The first-order valence-corrected chi connectivity index (χ1v) is 7.24. The monoisotopic (exact) mass is 278 g/mol. The number of rotatable bonds is 7. The van der Waals surface area contributed by atoms with Gasteiger partial charge in [0.05, 0.1) is 18.3 Å². The molecule has 0 radical (unpaired) electrons. The Balaban J connectivity index is 2.74. The first-order chi connectivity index (χ1) is 9.45. The Morgan fingerprint density at radius 2 is 1.95 bits per heavy atom. The molecular weight excluding hydrogens is 252 g/mol. The van der Waals surface area contributed by atoms with Crippen molar-refractivity contribution in [1.29, 1.82) is 0 Å². The van der Waals surface area contributed by atoms with Gasteiger partial charge in [-0.1, -0.05) is 46.2 Å². The van der Waals surface area contributed by atoms with Gasteiger partial charge in [-0.25, -0.2) is 0 Å². The Morgan fingerprint density at radius 3 is 2.55 bits per heavy atom. The van der Waals surface area contributed by atoms with Crippen molar-refractivity contribution in [3.05, 3.63) is 24.3 Å². The lowest BCUT2D eigenvalue weighted by molar-refractivity contribution is -0.118. The number of carbonyl (C=O) groups is 1. The quantitative estimate of drug-likeness (QED) is 0.805. The zero-order valence-electron chi connectivity index (χ0n) is 12.8. The van der Waals surface area contributed by atoms with Gasteiger partial charge in [0.2, 0.25) is 5.91 Å². The maximum absolute atomic E-state index is 12.1. The molecule has 1 aromatic rings. The third kappa shape index (κ3) is 4.85. The van der Waals surface area contributed by atoms with Crippen molar-refractivity contribution in [3.63, 3.8) is 0 Å². The van der Waals surface area contributed by atoms with Gasteiger partial charge in [-0.3, -0.25) is 4.79 Å². The van der Waals surface area contributed by atoms with E-state index in [4.69, 9.17) is 10.5 Å². The van der Waals surface area contributed by atoms with Gasteiger partial charge >= 0.3 is 0 Å². The lowest BCUT2D eigenvalue weighted by atomic mass is 9.99. The van der Waals surface area contributed by atoms with E-state index >= 15 is 0 Å². The second-order valence-corrected chi connectivity index (χ2v) is 5.60. The number of anilines is 1. The van der Waals surface area contributed by atoms with E-state index < -0.39 is 6.04 Å². The lowest BCUT2D eigenvalue weighted by Gasteiger charge is -2.19. The molecule has 0 spiro atoms. The van der Waals surface area contributed by atoms with Crippen LogP contribution in [0.5, 0.6) is 5.75 Å². The summed E-state index contributed by atoms with van der Waals surface area (Å²) in [5.74, 6) is 1.10. The number of amides is 1. The highest BCUT2D eigenvalue weighted by Gasteiger charge is 2.20. The molecule has 0 bridgehead atoms. The molecule has 0 aromatic heterocycles. The molecule has 0 saturated carbocycles. The van der Waals surface area contributed by atoms with Gasteiger partial charge in [-0.05, 0) is 24.0 Å². The minimum Gasteiger partial charge on any atom is -0.491 e. The fourth-order valence-corrected chi connectivity index (χ4v) is 1.68. The minimum atomic E-state index is -0.502. The highest BCUT2D eigenvalue weighted by molar-refractivity contribution is 5.96. The highest BCUT2D eigenvalue weighted by atomic mass is 16.5. The molecule has 1 amide bonds. The molecule has 0 aliphatic heterocycles. The molecule has 0 saturated heterocycles. The molecule has 1 aromatic carbocycles. The van der Waals surface area contributed by atoms with Gasteiger partial charge in [-0.15, -0.1) is 0 Å². The van der Waals surface area contributed by atoms with E-state index in [-0.39, 0.29) is 11.8 Å². The van der Waals surface area contributed by atoms with Gasteiger partial charge in [0, 0.05) is 0 Å². The van der Waals surface area contributed by atoms with Gasteiger partial charge in [-0.2, -0.15) is 0 Å². The SMILES string of the molecule is CCC(C)C(N)C(=O)Nc1ccccc1OCC(C)C. The fourth-order valence-electron chi connectivity index (χ4n) is 1.68. The van der Waals surface area contributed by atoms with Crippen LogP contribution in [0.4, 0.5) is 5.69 Å². The molecule has 0 fully saturated rings. The topological polar surface area (TPSA) is 64.4 Å². The van der Waals surface area contributed by atoms with E-state index in [1.807, 2.05) is 38.1 Å². The van der Waals surface area contributed by atoms with E-state index in [1.165, 1.54) is 0 Å². The Morgan fingerprint density at radius 1 is 1.30 bits per heavy atom. The van der Waals surface area contributed by atoms with Crippen LogP contribution < -0.4 is 15.8 Å². The average Bonchev–Trinajstić information content (AvgIpc) is 2.44. The minimum absolute atomic E-state index is 0.152. The van der Waals surface area contributed by atoms with Crippen molar-refractivity contribution < 1.29 is 9.53 Å². The molecular formula is C16H26N2O2. The van der Waals surface area contributed by atoms with Crippen molar-refractivity contribution in [2.24, 2.45) is 17.6 Å². The average molecular weight is 278 g/mol. The van der Waals surface area contributed by atoms with Crippen LogP contribution in [0.15, 0.2) is 24.3 Å².